The summed E-state index contributed by atoms with van der Waals surface area (Å²) in [5.74, 6) is 0. The Morgan fingerprint density at radius 1 is 1.11 bits per heavy atom. The zero-order chi connectivity index (χ0) is 13.9. The highest BCUT2D eigenvalue weighted by Gasteiger charge is 1.97. The Hall–Kier alpha value is -1.10. The molecule has 0 atom stereocenters. The molecule has 0 heterocycles. The molecule has 0 amide bonds. The van der Waals surface area contributed by atoms with Crippen LogP contribution in [0.3, 0.4) is 0 Å². The van der Waals surface area contributed by atoms with Gasteiger partial charge in [-0.3, -0.25) is 0 Å². The van der Waals surface area contributed by atoms with E-state index < -0.39 is 0 Å². The summed E-state index contributed by atoms with van der Waals surface area (Å²) in [6, 6.07) is 8.63. The molecule has 4 heteroatoms. The standard InChI is InChI=1S/C15H27N3O/c1-18(2)15-7-4-6-14(12-15)13-17-9-5-8-16-10-11-19-3/h4,6-7,12,16-17H,5,8-11,13H2,1-3H3. The van der Waals surface area contributed by atoms with Crippen LogP contribution >= 0.6 is 0 Å². The summed E-state index contributed by atoms with van der Waals surface area (Å²) in [6.07, 6.45) is 1.14. The summed E-state index contributed by atoms with van der Waals surface area (Å²) < 4.78 is 4.98. The molecule has 0 aromatic heterocycles. The van der Waals surface area contributed by atoms with E-state index in [0.29, 0.717) is 0 Å². The van der Waals surface area contributed by atoms with Gasteiger partial charge in [-0.2, -0.15) is 0 Å². The lowest BCUT2D eigenvalue weighted by atomic mass is 10.2. The number of benzene rings is 1. The predicted molar refractivity (Wildman–Crippen MR) is 81.8 cm³/mol. The molecule has 0 aliphatic carbocycles. The number of hydrogen-bond donors (Lipinski definition) is 2. The van der Waals surface area contributed by atoms with E-state index in [4.69, 9.17) is 4.74 Å². The minimum Gasteiger partial charge on any atom is -0.383 e. The van der Waals surface area contributed by atoms with Gasteiger partial charge in [0.25, 0.3) is 0 Å². The van der Waals surface area contributed by atoms with Crippen molar-refractivity contribution < 1.29 is 4.74 Å². The molecule has 4 nitrogen and oxygen atoms in total. The van der Waals surface area contributed by atoms with Gasteiger partial charge in [-0.15, -0.1) is 0 Å². The number of hydrogen-bond acceptors (Lipinski definition) is 4. The Bertz CT molecular complexity index is 342. The maximum atomic E-state index is 4.98. The van der Waals surface area contributed by atoms with Gasteiger partial charge in [0.05, 0.1) is 6.61 Å². The Morgan fingerprint density at radius 3 is 2.63 bits per heavy atom. The van der Waals surface area contributed by atoms with Crippen molar-refractivity contribution >= 4 is 5.69 Å². The Morgan fingerprint density at radius 2 is 1.89 bits per heavy atom. The second-order valence-electron chi connectivity index (χ2n) is 4.84. The zero-order valence-corrected chi connectivity index (χ0v) is 12.4. The molecule has 0 unspecified atom stereocenters. The van der Waals surface area contributed by atoms with E-state index in [2.05, 4.69) is 53.9 Å². The van der Waals surface area contributed by atoms with Crippen LogP contribution in [0.2, 0.25) is 0 Å². The van der Waals surface area contributed by atoms with Crippen LogP contribution in [0.4, 0.5) is 5.69 Å². The van der Waals surface area contributed by atoms with Gasteiger partial charge in [0.15, 0.2) is 0 Å². The van der Waals surface area contributed by atoms with Crippen LogP contribution in [0.5, 0.6) is 0 Å². The highest BCUT2D eigenvalue weighted by atomic mass is 16.5. The van der Waals surface area contributed by atoms with E-state index in [-0.39, 0.29) is 0 Å². The third-order valence-corrected chi connectivity index (χ3v) is 2.95. The average Bonchev–Trinajstić information content (AvgIpc) is 2.42. The highest BCUT2D eigenvalue weighted by molar-refractivity contribution is 5.47. The molecule has 0 saturated heterocycles. The Labute approximate surface area is 117 Å². The fraction of sp³-hybridized carbons (Fsp3) is 0.600. The van der Waals surface area contributed by atoms with Gasteiger partial charge < -0.3 is 20.3 Å². The van der Waals surface area contributed by atoms with Gasteiger partial charge in [-0.05, 0) is 37.2 Å². The first-order chi connectivity index (χ1) is 9.24. The summed E-state index contributed by atoms with van der Waals surface area (Å²) in [5, 5.41) is 6.81. The maximum Gasteiger partial charge on any atom is 0.0587 e. The fourth-order valence-corrected chi connectivity index (χ4v) is 1.81. The number of nitrogens with zero attached hydrogens (tertiary/aromatic N) is 1. The summed E-state index contributed by atoms with van der Waals surface area (Å²) in [4.78, 5) is 2.13. The largest absolute Gasteiger partial charge is 0.383 e. The smallest absolute Gasteiger partial charge is 0.0587 e. The van der Waals surface area contributed by atoms with E-state index >= 15 is 0 Å². The van der Waals surface area contributed by atoms with Crippen molar-refractivity contribution in [3.05, 3.63) is 29.8 Å². The van der Waals surface area contributed by atoms with E-state index in [1.54, 1.807) is 7.11 Å². The van der Waals surface area contributed by atoms with Gasteiger partial charge in [-0.1, -0.05) is 12.1 Å². The van der Waals surface area contributed by atoms with Crippen molar-refractivity contribution in [3.63, 3.8) is 0 Å². The lowest BCUT2D eigenvalue weighted by Gasteiger charge is -2.14. The van der Waals surface area contributed by atoms with E-state index in [1.165, 1.54) is 11.3 Å². The molecular weight excluding hydrogens is 238 g/mol. The topological polar surface area (TPSA) is 36.5 Å². The lowest BCUT2D eigenvalue weighted by molar-refractivity contribution is 0.199. The molecule has 0 fully saturated rings. The van der Waals surface area contributed by atoms with E-state index in [9.17, 15) is 0 Å². The van der Waals surface area contributed by atoms with Crippen molar-refractivity contribution in [2.45, 2.75) is 13.0 Å². The third-order valence-electron chi connectivity index (χ3n) is 2.95. The molecule has 2 N–H and O–H groups in total. The normalized spacial score (nSPS) is 10.7. The van der Waals surface area contributed by atoms with Crippen molar-refractivity contribution in [2.24, 2.45) is 0 Å². The number of methoxy groups -OCH3 is 1. The van der Waals surface area contributed by atoms with Crippen molar-refractivity contribution in [3.8, 4) is 0 Å². The van der Waals surface area contributed by atoms with Crippen LogP contribution in [0.25, 0.3) is 0 Å². The minimum atomic E-state index is 0.782. The molecule has 0 aliphatic rings. The van der Waals surface area contributed by atoms with Crippen LogP contribution in [0.15, 0.2) is 24.3 Å². The fourth-order valence-electron chi connectivity index (χ4n) is 1.81. The zero-order valence-electron chi connectivity index (χ0n) is 12.4. The highest BCUT2D eigenvalue weighted by Crippen LogP contribution is 2.12. The van der Waals surface area contributed by atoms with E-state index in [1.807, 2.05) is 0 Å². The number of nitrogens with one attached hydrogen (secondary N) is 2. The third kappa shape index (κ3) is 7.15. The molecular formula is C15H27N3O. The quantitative estimate of drug-likeness (QED) is 0.628. The van der Waals surface area contributed by atoms with Crippen molar-refractivity contribution in [1.82, 2.24) is 10.6 Å². The first-order valence-electron chi connectivity index (χ1n) is 6.90. The number of ether oxygens (including phenoxy) is 1. The molecule has 0 saturated carbocycles. The summed E-state index contributed by atoms with van der Waals surface area (Å²) in [6.45, 7) is 4.71. The molecule has 108 valence electrons. The molecule has 0 radical (unpaired) electrons. The molecule has 1 rings (SSSR count). The van der Waals surface area contributed by atoms with Crippen molar-refractivity contribution in [1.29, 1.82) is 0 Å². The first kappa shape index (κ1) is 16.0. The number of anilines is 1. The van der Waals surface area contributed by atoms with Gasteiger partial charge in [0.1, 0.15) is 0 Å². The van der Waals surface area contributed by atoms with Crippen molar-refractivity contribution in [2.75, 3.05) is 52.3 Å². The maximum absolute atomic E-state index is 4.98. The van der Waals surface area contributed by atoms with Gasteiger partial charge in [0, 0.05) is 40.0 Å². The predicted octanol–water partition coefficient (Wildman–Crippen LogP) is 1.47. The SMILES string of the molecule is COCCNCCCNCc1cccc(N(C)C)c1. The van der Waals surface area contributed by atoms with Crippen LogP contribution < -0.4 is 15.5 Å². The van der Waals surface area contributed by atoms with Gasteiger partial charge in [-0.25, -0.2) is 0 Å². The molecule has 1 aromatic carbocycles. The molecule has 0 bridgehead atoms. The second-order valence-corrected chi connectivity index (χ2v) is 4.84. The molecule has 0 aliphatic heterocycles. The average molecular weight is 265 g/mol. The summed E-state index contributed by atoms with van der Waals surface area (Å²) >= 11 is 0. The Kier molecular flexibility index (Phi) is 8.21. The van der Waals surface area contributed by atoms with Gasteiger partial charge in [0.2, 0.25) is 0 Å². The second kappa shape index (κ2) is 9.78. The molecule has 19 heavy (non-hydrogen) atoms. The minimum absolute atomic E-state index is 0.782. The van der Waals surface area contributed by atoms with Crippen LogP contribution in [-0.4, -0.2) is 47.4 Å². The van der Waals surface area contributed by atoms with Crippen LogP contribution in [0, 0.1) is 0 Å². The molecule has 1 aromatic rings. The number of rotatable bonds is 10. The monoisotopic (exact) mass is 265 g/mol. The van der Waals surface area contributed by atoms with E-state index in [0.717, 1.165) is 39.2 Å². The summed E-state index contributed by atoms with van der Waals surface area (Å²) in [5.41, 5.74) is 2.58. The lowest BCUT2D eigenvalue weighted by Crippen LogP contribution is -2.24. The summed E-state index contributed by atoms with van der Waals surface area (Å²) in [7, 11) is 5.86. The van der Waals surface area contributed by atoms with Gasteiger partial charge >= 0.3 is 0 Å². The molecule has 0 spiro atoms. The first-order valence-corrected chi connectivity index (χ1v) is 6.90. The van der Waals surface area contributed by atoms with Crippen LogP contribution in [-0.2, 0) is 11.3 Å². The Balaban J connectivity index is 2.10. The van der Waals surface area contributed by atoms with Crippen LogP contribution in [0.1, 0.15) is 12.0 Å².